The Kier molecular flexibility index (Phi) is 4.65. The quantitative estimate of drug-likeness (QED) is 0.660. The summed E-state index contributed by atoms with van der Waals surface area (Å²) in [5.74, 6) is 1.33. The monoisotopic (exact) mass is 353 g/mol. The first-order chi connectivity index (χ1) is 12.2. The van der Waals surface area contributed by atoms with Gasteiger partial charge in [0.05, 0.1) is 18.8 Å². The molecule has 0 amide bonds. The van der Waals surface area contributed by atoms with Crippen LogP contribution in [-0.4, -0.2) is 22.0 Å². The van der Waals surface area contributed by atoms with Crippen molar-refractivity contribution in [2.24, 2.45) is 0 Å². The van der Waals surface area contributed by atoms with Crippen molar-refractivity contribution >= 4 is 0 Å². The first-order valence-electron chi connectivity index (χ1n) is 8.85. The molecule has 0 spiro atoms. The van der Waals surface area contributed by atoms with E-state index in [1.807, 2.05) is 16.9 Å². The fourth-order valence-electron chi connectivity index (χ4n) is 2.97. The highest BCUT2D eigenvalue weighted by molar-refractivity contribution is 5.62. The molecule has 0 radical (unpaired) electrons. The molecule has 5 nitrogen and oxygen atoms in total. The number of methoxy groups -OCH3 is 1. The fourth-order valence-corrected chi connectivity index (χ4v) is 2.97. The molecular formula is C21H27N3O2. The van der Waals surface area contributed by atoms with Crippen molar-refractivity contribution in [2.75, 3.05) is 7.11 Å². The molecule has 2 heterocycles. The Morgan fingerprint density at radius 3 is 2.46 bits per heavy atom. The lowest BCUT2D eigenvalue weighted by molar-refractivity contribution is 0.292. The Labute approximate surface area is 155 Å². The number of hydrogen-bond donors (Lipinski definition) is 0. The first-order valence-corrected chi connectivity index (χ1v) is 8.85. The van der Waals surface area contributed by atoms with Gasteiger partial charge in [-0.1, -0.05) is 38.1 Å². The van der Waals surface area contributed by atoms with E-state index in [2.05, 4.69) is 75.3 Å². The molecule has 3 aromatic rings. The molecule has 138 valence electrons. The summed E-state index contributed by atoms with van der Waals surface area (Å²) in [7, 11) is 1.59. The number of benzene rings is 1. The van der Waals surface area contributed by atoms with Gasteiger partial charge in [0, 0.05) is 23.2 Å². The third-order valence-electron chi connectivity index (χ3n) is 4.54. The van der Waals surface area contributed by atoms with Crippen LogP contribution < -0.4 is 4.74 Å². The fraction of sp³-hybridized carbons (Fsp3) is 0.429. The number of rotatable bonds is 5. The van der Waals surface area contributed by atoms with Gasteiger partial charge in [-0.25, -0.2) is 0 Å². The zero-order valence-electron chi connectivity index (χ0n) is 16.4. The van der Waals surface area contributed by atoms with E-state index in [1.165, 1.54) is 11.1 Å². The highest BCUT2D eigenvalue weighted by Crippen LogP contribution is 2.31. The number of ether oxygens (including phenoxy) is 1. The second kappa shape index (κ2) is 6.63. The van der Waals surface area contributed by atoms with Crippen molar-refractivity contribution in [1.29, 1.82) is 0 Å². The van der Waals surface area contributed by atoms with Gasteiger partial charge in [0.15, 0.2) is 0 Å². The van der Waals surface area contributed by atoms with Crippen LogP contribution >= 0.6 is 0 Å². The van der Waals surface area contributed by atoms with Crippen molar-refractivity contribution in [2.45, 2.75) is 52.0 Å². The molecule has 0 saturated heterocycles. The predicted molar refractivity (Wildman–Crippen MR) is 102 cm³/mol. The average Bonchev–Trinajstić information content (AvgIpc) is 3.24. The van der Waals surface area contributed by atoms with Crippen LogP contribution in [0.4, 0.5) is 0 Å². The van der Waals surface area contributed by atoms with Gasteiger partial charge in [-0.3, -0.25) is 4.68 Å². The molecule has 3 rings (SSSR count). The predicted octanol–water partition coefficient (Wildman–Crippen LogP) is 4.82. The van der Waals surface area contributed by atoms with Crippen LogP contribution in [0.3, 0.4) is 0 Å². The zero-order chi connectivity index (χ0) is 18.9. The largest absolute Gasteiger partial charge is 0.479 e. The third-order valence-corrected chi connectivity index (χ3v) is 4.54. The molecule has 2 aromatic heterocycles. The van der Waals surface area contributed by atoms with E-state index in [0.717, 1.165) is 17.7 Å². The molecular weight excluding hydrogens is 326 g/mol. The van der Waals surface area contributed by atoms with Crippen molar-refractivity contribution in [3.05, 3.63) is 54.0 Å². The van der Waals surface area contributed by atoms with Gasteiger partial charge >= 0.3 is 0 Å². The van der Waals surface area contributed by atoms with Crippen LogP contribution in [0.15, 0.2) is 47.2 Å². The standard InChI is InChI=1S/C21H27N3O2/c1-20(2,3)24-14-17(13-22-24)16-9-7-8-15(10-16)12-21(4,5)18-11-19(25-6)23-26-18/h7-11,13-14H,12H2,1-6H3. The first kappa shape index (κ1) is 18.2. The third kappa shape index (κ3) is 3.82. The lowest BCUT2D eigenvalue weighted by atomic mass is 9.83. The van der Waals surface area contributed by atoms with Crippen molar-refractivity contribution < 1.29 is 9.26 Å². The van der Waals surface area contributed by atoms with Gasteiger partial charge in [-0.05, 0) is 43.5 Å². The Balaban J connectivity index is 1.84. The average molecular weight is 353 g/mol. The highest BCUT2D eigenvalue weighted by Gasteiger charge is 2.27. The van der Waals surface area contributed by atoms with Crippen molar-refractivity contribution in [1.82, 2.24) is 14.9 Å². The second-order valence-electron chi connectivity index (χ2n) is 8.34. The van der Waals surface area contributed by atoms with Gasteiger partial charge in [-0.15, -0.1) is 0 Å². The van der Waals surface area contributed by atoms with Crippen LogP contribution in [0.2, 0.25) is 0 Å². The number of hydrogen-bond acceptors (Lipinski definition) is 4. The maximum absolute atomic E-state index is 5.46. The van der Waals surface area contributed by atoms with Crippen LogP contribution in [0.5, 0.6) is 5.88 Å². The Bertz CT molecular complexity index is 885. The van der Waals surface area contributed by atoms with Crippen molar-refractivity contribution in [3.63, 3.8) is 0 Å². The van der Waals surface area contributed by atoms with Crippen molar-refractivity contribution in [3.8, 4) is 17.0 Å². The molecule has 0 unspecified atom stereocenters. The smallest absolute Gasteiger partial charge is 0.254 e. The summed E-state index contributed by atoms with van der Waals surface area (Å²) in [4.78, 5) is 0. The number of nitrogens with zero attached hydrogens (tertiary/aromatic N) is 3. The molecule has 0 fully saturated rings. The Morgan fingerprint density at radius 1 is 1.08 bits per heavy atom. The lowest BCUT2D eigenvalue weighted by Crippen LogP contribution is -2.21. The normalized spacial score (nSPS) is 12.4. The van der Waals surface area contributed by atoms with E-state index in [4.69, 9.17) is 9.26 Å². The van der Waals surface area contributed by atoms with Gasteiger partial charge in [0.1, 0.15) is 5.76 Å². The maximum Gasteiger partial charge on any atom is 0.254 e. The number of aromatic nitrogens is 3. The van der Waals surface area contributed by atoms with E-state index >= 15 is 0 Å². The summed E-state index contributed by atoms with van der Waals surface area (Å²) in [5, 5.41) is 8.43. The molecule has 0 bridgehead atoms. The SMILES string of the molecule is COc1cc(C(C)(C)Cc2cccc(-c3cnn(C(C)(C)C)c3)c2)on1. The van der Waals surface area contributed by atoms with E-state index < -0.39 is 0 Å². The molecule has 0 aliphatic carbocycles. The zero-order valence-corrected chi connectivity index (χ0v) is 16.4. The maximum atomic E-state index is 5.46. The molecule has 26 heavy (non-hydrogen) atoms. The molecule has 0 N–H and O–H groups in total. The highest BCUT2D eigenvalue weighted by atomic mass is 16.5. The van der Waals surface area contributed by atoms with E-state index in [0.29, 0.717) is 5.88 Å². The molecule has 0 aliphatic rings. The topological polar surface area (TPSA) is 53.1 Å². The molecule has 0 saturated carbocycles. The van der Waals surface area contributed by atoms with Gasteiger partial charge in [0.25, 0.3) is 5.88 Å². The summed E-state index contributed by atoms with van der Waals surface area (Å²) in [6.07, 6.45) is 4.87. The minimum absolute atomic E-state index is 0.0246. The molecule has 5 heteroatoms. The van der Waals surface area contributed by atoms with Gasteiger partial charge in [0.2, 0.25) is 0 Å². The van der Waals surface area contributed by atoms with E-state index in [9.17, 15) is 0 Å². The summed E-state index contributed by atoms with van der Waals surface area (Å²) < 4.78 is 12.6. The Hall–Kier alpha value is -2.56. The van der Waals surface area contributed by atoms with Gasteiger partial charge in [-0.2, -0.15) is 5.10 Å². The summed E-state index contributed by atoms with van der Waals surface area (Å²) in [5.41, 5.74) is 3.33. The van der Waals surface area contributed by atoms with Crippen LogP contribution in [0.1, 0.15) is 45.9 Å². The van der Waals surface area contributed by atoms with Crippen LogP contribution in [0, 0.1) is 0 Å². The minimum atomic E-state index is -0.183. The lowest BCUT2D eigenvalue weighted by Gasteiger charge is -2.21. The summed E-state index contributed by atoms with van der Waals surface area (Å²) in [6.45, 7) is 10.7. The summed E-state index contributed by atoms with van der Waals surface area (Å²) >= 11 is 0. The van der Waals surface area contributed by atoms with Crippen LogP contribution in [0.25, 0.3) is 11.1 Å². The minimum Gasteiger partial charge on any atom is -0.479 e. The molecule has 0 aliphatic heterocycles. The second-order valence-corrected chi connectivity index (χ2v) is 8.34. The molecule has 1 aromatic carbocycles. The summed E-state index contributed by atoms with van der Waals surface area (Å²) in [6, 6.07) is 10.4. The van der Waals surface area contributed by atoms with Crippen LogP contribution in [-0.2, 0) is 17.4 Å². The Morgan fingerprint density at radius 2 is 1.85 bits per heavy atom. The van der Waals surface area contributed by atoms with Gasteiger partial charge < -0.3 is 9.26 Å². The molecule has 0 atom stereocenters. The van der Waals surface area contributed by atoms with E-state index in [-0.39, 0.29) is 11.0 Å². The van der Waals surface area contributed by atoms with E-state index in [1.54, 1.807) is 7.11 Å².